The zero-order valence-electron chi connectivity index (χ0n) is 10.6. The predicted molar refractivity (Wildman–Crippen MR) is 74.6 cm³/mol. The first-order valence-corrected chi connectivity index (χ1v) is 6.44. The smallest absolute Gasteiger partial charge is 0.234 e. The highest BCUT2D eigenvalue weighted by Gasteiger charge is 2.35. The Hall–Kier alpha value is -1.03. The van der Waals surface area contributed by atoms with Crippen LogP contribution in [0.4, 0.5) is 11.4 Å². The molecule has 1 aliphatic heterocycles. The van der Waals surface area contributed by atoms with Crippen LogP contribution in [-0.4, -0.2) is 19.5 Å². The molecule has 0 aromatic heterocycles. The minimum atomic E-state index is -0.388. The van der Waals surface area contributed by atoms with Crippen molar-refractivity contribution in [3.8, 4) is 0 Å². The molecule has 0 saturated heterocycles. The monoisotopic (exact) mass is 296 g/mol. The number of carbonyl (C=O) groups excluding carboxylic acids is 1. The topological polar surface area (TPSA) is 32.3 Å². The van der Waals surface area contributed by atoms with Crippen molar-refractivity contribution in [3.63, 3.8) is 0 Å². The number of anilines is 2. The summed E-state index contributed by atoms with van der Waals surface area (Å²) in [6.45, 7) is 6.60. The van der Waals surface area contributed by atoms with Crippen LogP contribution in [0.3, 0.4) is 0 Å². The van der Waals surface area contributed by atoms with E-state index in [4.69, 9.17) is 0 Å². The van der Waals surface area contributed by atoms with Crippen LogP contribution in [0, 0.1) is 12.3 Å². The molecule has 1 N–H and O–H groups in total. The number of rotatable bonds is 0. The molecule has 3 nitrogen and oxygen atoms in total. The molecular weight excluding hydrogens is 280 g/mol. The average molecular weight is 297 g/mol. The van der Waals surface area contributed by atoms with Gasteiger partial charge in [0, 0.05) is 18.1 Å². The summed E-state index contributed by atoms with van der Waals surface area (Å²) in [5.74, 6) is 0.140. The van der Waals surface area contributed by atoms with E-state index in [9.17, 15) is 4.79 Å². The Kier molecular flexibility index (Phi) is 2.94. The highest BCUT2D eigenvalue weighted by Crippen LogP contribution is 2.39. The molecule has 4 heteroatoms. The highest BCUT2D eigenvalue weighted by molar-refractivity contribution is 9.10. The molecule has 17 heavy (non-hydrogen) atoms. The third kappa shape index (κ3) is 2.06. The molecule has 1 aromatic rings. The van der Waals surface area contributed by atoms with Crippen molar-refractivity contribution in [3.05, 3.63) is 22.2 Å². The van der Waals surface area contributed by atoms with E-state index in [2.05, 4.69) is 27.3 Å². The lowest BCUT2D eigenvalue weighted by molar-refractivity contribution is -0.125. The van der Waals surface area contributed by atoms with Gasteiger partial charge in [0.1, 0.15) is 0 Å². The SMILES string of the molecule is Cc1cc(Br)c2c(c1)N(C)C(=O)C(C)(C)CN2. The second-order valence-electron chi connectivity index (χ2n) is 5.24. The quantitative estimate of drug-likeness (QED) is 0.797. The number of aryl methyl sites for hydroxylation is 1. The largest absolute Gasteiger partial charge is 0.381 e. The molecule has 0 unspecified atom stereocenters. The molecule has 0 atom stereocenters. The molecule has 0 spiro atoms. The molecular formula is C13H17BrN2O. The summed E-state index contributed by atoms with van der Waals surface area (Å²) in [6.07, 6.45) is 0. The lowest BCUT2D eigenvalue weighted by Crippen LogP contribution is -2.40. The van der Waals surface area contributed by atoms with Gasteiger partial charge in [-0.2, -0.15) is 0 Å². The van der Waals surface area contributed by atoms with Crippen molar-refractivity contribution < 1.29 is 4.79 Å². The van der Waals surface area contributed by atoms with Gasteiger partial charge < -0.3 is 10.2 Å². The maximum Gasteiger partial charge on any atom is 0.234 e. The fourth-order valence-electron chi connectivity index (χ4n) is 2.11. The van der Waals surface area contributed by atoms with E-state index in [1.165, 1.54) is 0 Å². The first-order valence-electron chi connectivity index (χ1n) is 5.65. The van der Waals surface area contributed by atoms with Crippen molar-refractivity contribution in [1.82, 2.24) is 0 Å². The Labute approximate surface area is 110 Å². The van der Waals surface area contributed by atoms with Gasteiger partial charge in [-0.05, 0) is 54.4 Å². The van der Waals surface area contributed by atoms with Gasteiger partial charge in [0.05, 0.1) is 16.8 Å². The van der Waals surface area contributed by atoms with Crippen molar-refractivity contribution in [2.45, 2.75) is 20.8 Å². The lowest BCUT2D eigenvalue weighted by Gasteiger charge is -2.25. The molecule has 1 aliphatic rings. The average Bonchev–Trinajstić information content (AvgIpc) is 2.31. The first kappa shape index (κ1) is 12.4. The number of halogens is 1. The van der Waals surface area contributed by atoms with Gasteiger partial charge in [0.15, 0.2) is 0 Å². The van der Waals surface area contributed by atoms with Crippen molar-refractivity contribution >= 4 is 33.2 Å². The summed E-state index contributed by atoms with van der Waals surface area (Å²) in [5, 5.41) is 3.36. The number of carbonyl (C=O) groups is 1. The maximum atomic E-state index is 12.3. The molecule has 1 heterocycles. The second kappa shape index (κ2) is 4.02. The number of benzene rings is 1. The van der Waals surface area contributed by atoms with Crippen molar-refractivity contribution in [1.29, 1.82) is 0 Å². The fourth-order valence-corrected chi connectivity index (χ4v) is 2.82. The molecule has 92 valence electrons. The van der Waals surface area contributed by atoms with E-state index in [0.29, 0.717) is 6.54 Å². The Bertz CT molecular complexity index is 483. The number of fused-ring (bicyclic) bond motifs is 1. The number of nitrogens with one attached hydrogen (secondary N) is 1. The number of nitrogens with zero attached hydrogens (tertiary/aromatic N) is 1. The van der Waals surface area contributed by atoms with Gasteiger partial charge in [-0.1, -0.05) is 0 Å². The van der Waals surface area contributed by atoms with Crippen LogP contribution in [0.1, 0.15) is 19.4 Å². The van der Waals surface area contributed by atoms with Gasteiger partial charge in [0.2, 0.25) is 5.91 Å². The number of amides is 1. The van der Waals surface area contributed by atoms with Crippen LogP contribution in [-0.2, 0) is 4.79 Å². The molecule has 0 saturated carbocycles. The molecule has 0 fully saturated rings. The highest BCUT2D eigenvalue weighted by atomic mass is 79.9. The third-order valence-electron chi connectivity index (χ3n) is 3.17. The number of hydrogen-bond acceptors (Lipinski definition) is 2. The molecule has 2 rings (SSSR count). The van der Waals surface area contributed by atoms with Crippen LogP contribution < -0.4 is 10.2 Å². The number of hydrogen-bond donors (Lipinski definition) is 1. The molecule has 1 aromatic carbocycles. The van der Waals surface area contributed by atoms with Gasteiger partial charge in [-0.15, -0.1) is 0 Å². The first-order chi connectivity index (χ1) is 7.83. The van der Waals surface area contributed by atoms with Crippen LogP contribution in [0.2, 0.25) is 0 Å². The zero-order chi connectivity index (χ0) is 12.8. The Morgan fingerprint density at radius 1 is 1.41 bits per heavy atom. The van der Waals surface area contributed by atoms with E-state index < -0.39 is 0 Å². The van der Waals surface area contributed by atoms with Crippen LogP contribution in [0.5, 0.6) is 0 Å². The summed E-state index contributed by atoms with van der Waals surface area (Å²) < 4.78 is 1.00. The van der Waals surface area contributed by atoms with Crippen molar-refractivity contribution in [2.75, 3.05) is 23.8 Å². The Morgan fingerprint density at radius 3 is 2.71 bits per heavy atom. The van der Waals surface area contributed by atoms with E-state index in [0.717, 1.165) is 21.4 Å². The summed E-state index contributed by atoms with van der Waals surface area (Å²) >= 11 is 3.55. The Morgan fingerprint density at radius 2 is 2.06 bits per heavy atom. The van der Waals surface area contributed by atoms with Crippen LogP contribution in [0.15, 0.2) is 16.6 Å². The van der Waals surface area contributed by atoms with E-state index in [1.54, 1.807) is 4.90 Å². The minimum absolute atomic E-state index is 0.140. The molecule has 0 aliphatic carbocycles. The summed E-state index contributed by atoms with van der Waals surface area (Å²) in [6, 6.07) is 4.09. The lowest BCUT2D eigenvalue weighted by atomic mass is 9.92. The minimum Gasteiger partial charge on any atom is -0.381 e. The maximum absolute atomic E-state index is 12.3. The van der Waals surface area contributed by atoms with Gasteiger partial charge >= 0.3 is 0 Å². The van der Waals surface area contributed by atoms with Crippen LogP contribution >= 0.6 is 15.9 Å². The van der Waals surface area contributed by atoms with Gasteiger partial charge in [-0.3, -0.25) is 4.79 Å². The zero-order valence-corrected chi connectivity index (χ0v) is 12.2. The summed E-state index contributed by atoms with van der Waals surface area (Å²) in [7, 11) is 1.84. The summed E-state index contributed by atoms with van der Waals surface area (Å²) in [4.78, 5) is 14.1. The molecule has 0 bridgehead atoms. The van der Waals surface area contributed by atoms with Gasteiger partial charge in [-0.25, -0.2) is 0 Å². The standard InChI is InChI=1S/C13H17BrN2O/c1-8-5-9(14)11-10(6-8)16(4)12(17)13(2,3)7-15-11/h5-6,15H,7H2,1-4H3. The van der Waals surface area contributed by atoms with E-state index >= 15 is 0 Å². The molecule has 1 amide bonds. The fraction of sp³-hybridized carbons (Fsp3) is 0.462. The Balaban J connectivity index is 2.59. The second-order valence-corrected chi connectivity index (χ2v) is 6.10. The third-order valence-corrected chi connectivity index (χ3v) is 3.79. The van der Waals surface area contributed by atoms with Crippen molar-refractivity contribution in [2.24, 2.45) is 5.41 Å². The van der Waals surface area contributed by atoms with Crippen LogP contribution in [0.25, 0.3) is 0 Å². The van der Waals surface area contributed by atoms with E-state index in [1.807, 2.05) is 33.9 Å². The predicted octanol–water partition coefficient (Wildman–Crippen LogP) is 3.17. The summed E-state index contributed by atoms with van der Waals surface area (Å²) in [5.41, 5.74) is 2.68. The van der Waals surface area contributed by atoms with E-state index in [-0.39, 0.29) is 11.3 Å². The normalized spacial score (nSPS) is 18.4. The van der Waals surface area contributed by atoms with Gasteiger partial charge in [0.25, 0.3) is 0 Å². The molecule has 0 radical (unpaired) electrons.